The average Bonchev–Trinajstić information content (AvgIpc) is 3.07. The van der Waals surface area contributed by atoms with E-state index < -0.39 is 0 Å². The zero-order valence-corrected chi connectivity index (χ0v) is 15.2. The van der Waals surface area contributed by atoms with Gasteiger partial charge in [0.1, 0.15) is 0 Å². The van der Waals surface area contributed by atoms with Crippen LogP contribution in [-0.4, -0.2) is 53.0 Å². The summed E-state index contributed by atoms with van der Waals surface area (Å²) in [6, 6.07) is 9.32. The van der Waals surface area contributed by atoms with Crippen molar-refractivity contribution in [2.24, 2.45) is 11.3 Å². The molecule has 2 atom stereocenters. The highest BCUT2D eigenvalue weighted by Crippen LogP contribution is 2.30. The third-order valence-corrected chi connectivity index (χ3v) is 5.11. The number of aliphatic hydroxyl groups is 1. The minimum absolute atomic E-state index is 0.0249. The van der Waals surface area contributed by atoms with E-state index in [0.717, 1.165) is 17.3 Å². The zero-order chi connectivity index (χ0) is 18.7. The summed E-state index contributed by atoms with van der Waals surface area (Å²) >= 11 is 0. The van der Waals surface area contributed by atoms with Crippen LogP contribution in [0.2, 0.25) is 0 Å². The van der Waals surface area contributed by atoms with Crippen molar-refractivity contribution in [1.29, 1.82) is 0 Å². The van der Waals surface area contributed by atoms with Crippen molar-refractivity contribution in [2.75, 3.05) is 26.2 Å². The van der Waals surface area contributed by atoms with Gasteiger partial charge in [-0.25, -0.2) is 0 Å². The van der Waals surface area contributed by atoms with Crippen molar-refractivity contribution < 1.29 is 14.7 Å². The summed E-state index contributed by atoms with van der Waals surface area (Å²) in [5.41, 5.74) is 1.22. The lowest BCUT2D eigenvalue weighted by Gasteiger charge is -2.26. The van der Waals surface area contributed by atoms with Crippen LogP contribution in [0.25, 0.3) is 10.9 Å². The van der Waals surface area contributed by atoms with E-state index in [2.05, 4.69) is 17.2 Å². The first-order chi connectivity index (χ1) is 12.4. The molecule has 3 rings (SSSR count). The molecule has 2 heterocycles. The van der Waals surface area contributed by atoms with Crippen LogP contribution in [0.15, 0.2) is 36.5 Å². The van der Waals surface area contributed by atoms with Gasteiger partial charge in [0.25, 0.3) is 5.91 Å². The molecule has 2 unspecified atom stereocenters. The summed E-state index contributed by atoms with van der Waals surface area (Å²) in [5, 5.41) is 13.2. The molecular formula is C20H25N3O3. The van der Waals surface area contributed by atoms with Gasteiger partial charge in [-0.3, -0.25) is 14.6 Å². The SMILES string of the molecule is CC(CO)C(=O)N1CCC(C)(CNC(=O)c2ccc3cccnc3c2)C1. The summed E-state index contributed by atoms with van der Waals surface area (Å²) in [6.07, 6.45) is 2.54. The molecule has 1 aliphatic rings. The molecule has 1 aromatic carbocycles. The molecule has 0 aliphatic carbocycles. The molecule has 6 heteroatoms. The molecule has 138 valence electrons. The number of aliphatic hydroxyl groups excluding tert-OH is 1. The van der Waals surface area contributed by atoms with E-state index in [9.17, 15) is 9.59 Å². The second kappa shape index (κ2) is 7.41. The molecule has 1 fully saturated rings. The lowest BCUT2D eigenvalue weighted by atomic mass is 9.89. The Morgan fingerprint density at radius 3 is 2.96 bits per heavy atom. The van der Waals surface area contributed by atoms with Crippen LogP contribution in [0.1, 0.15) is 30.6 Å². The van der Waals surface area contributed by atoms with Crippen LogP contribution in [0.4, 0.5) is 0 Å². The number of amides is 2. The number of pyridine rings is 1. The maximum Gasteiger partial charge on any atom is 0.251 e. The lowest BCUT2D eigenvalue weighted by molar-refractivity contribution is -0.135. The number of benzene rings is 1. The predicted molar refractivity (Wildman–Crippen MR) is 99.6 cm³/mol. The van der Waals surface area contributed by atoms with Gasteiger partial charge in [-0.15, -0.1) is 0 Å². The Labute approximate surface area is 153 Å². The molecule has 26 heavy (non-hydrogen) atoms. The molecule has 0 bridgehead atoms. The Morgan fingerprint density at radius 2 is 2.19 bits per heavy atom. The van der Waals surface area contributed by atoms with Crippen molar-refractivity contribution in [2.45, 2.75) is 20.3 Å². The number of nitrogens with one attached hydrogen (secondary N) is 1. The van der Waals surface area contributed by atoms with Crippen LogP contribution < -0.4 is 5.32 Å². The van der Waals surface area contributed by atoms with Gasteiger partial charge in [0.05, 0.1) is 18.0 Å². The average molecular weight is 355 g/mol. The molecule has 0 saturated carbocycles. The highest BCUT2D eigenvalue weighted by atomic mass is 16.3. The number of nitrogens with zero attached hydrogens (tertiary/aromatic N) is 2. The minimum atomic E-state index is -0.378. The fourth-order valence-electron chi connectivity index (χ4n) is 3.35. The number of hydrogen-bond acceptors (Lipinski definition) is 4. The third kappa shape index (κ3) is 3.85. The van der Waals surface area contributed by atoms with Crippen molar-refractivity contribution in [3.63, 3.8) is 0 Å². The normalized spacial score (nSPS) is 21.0. The zero-order valence-electron chi connectivity index (χ0n) is 15.2. The van der Waals surface area contributed by atoms with Crippen LogP contribution in [-0.2, 0) is 4.79 Å². The molecule has 2 N–H and O–H groups in total. The van der Waals surface area contributed by atoms with Crippen molar-refractivity contribution in [3.8, 4) is 0 Å². The Kier molecular flexibility index (Phi) is 5.23. The smallest absolute Gasteiger partial charge is 0.251 e. The maximum absolute atomic E-state index is 12.5. The standard InChI is InChI=1S/C20H25N3O3/c1-14(11-24)19(26)23-9-7-20(2,13-23)12-22-18(25)16-6-5-15-4-3-8-21-17(15)10-16/h3-6,8,10,14,24H,7,9,11-13H2,1-2H3,(H,22,25). The van der Waals surface area contributed by atoms with Crippen LogP contribution >= 0.6 is 0 Å². The van der Waals surface area contributed by atoms with Gasteiger partial charge in [-0.05, 0) is 24.6 Å². The molecule has 1 aromatic heterocycles. The van der Waals surface area contributed by atoms with Crippen LogP contribution in [0.3, 0.4) is 0 Å². The maximum atomic E-state index is 12.5. The summed E-state index contributed by atoms with van der Waals surface area (Å²) < 4.78 is 0. The summed E-state index contributed by atoms with van der Waals surface area (Å²) in [7, 11) is 0. The van der Waals surface area contributed by atoms with Crippen molar-refractivity contribution in [1.82, 2.24) is 15.2 Å². The van der Waals surface area contributed by atoms with E-state index in [-0.39, 0.29) is 29.8 Å². The summed E-state index contributed by atoms with van der Waals surface area (Å²) in [6.45, 7) is 5.42. The van der Waals surface area contributed by atoms with Gasteiger partial charge in [-0.2, -0.15) is 0 Å². The molecule has 1 aliphatic heterocycles. The highest BCUT2D eigenvalue weighted by Gasteiger charge is 2.37. The molecule has 0 spiro atoms. The van der Waals surface area contributed by atoms with E-state index in [1.807, 2.05) is 18.2 Å². The van der Waals surface area contributed by atoms with E-state index in [1.165, 1.54) is 0 Å². The molecule has 2 amide bonds. The number of rotatable bonds is 5. The van der Waals surface area contributed by atoms with Gasteiger partial charge in [0.15, 0.2) is 0 Å². The van der Waals surface area contributed by atoms with Gasteiger partial charge < -0.3 is 15.3 Å². The molecule has 2 aromatic rings. The number of fused-ring (bicyclic) bond motifs is 1. The first-order valence-electron chi connectivity index (χ1n) is 8.94. The first-order valence-corrected chi connectivity index (χ1v) is 8.94. The quantitative estimate of drug-likeness (QED) is 0.857. The van der Waals surface area contributed by atoms with E-state index in [1.54, 1.807) is 30.2 Å². The summed E-state index contributed by atoms with van der Waals surface area (Å²) in [4.78, 5) is 30.8. The molecule has 0 radical (unpaired) electrons. The monoisotopic (exact) mass is 355 g/mol. The number of likely N-dealkylation sites (tertiary alicyclic amines) is 1. The molecular weight excluding hydrogens is 330 g/mol. The molecule has 1 saturated heterocycles. The lowest BCUT2D eigenvalue weighted by Crippen LogP contribution is -2.40. The Balaban J connectivity index is 1.61. The Morgan fingerprint density at radius 1 is 1.38 bits per heavy atom. The van der Waals surface area contributed by atoms with Crippen LogP contribution in [0.5, 0.6) is 0 Å². The number of hydrogen-bond donors (Lipinski definition) is 2. The number of carbonyl (C=O) groups excluding carboxylic acids is 2. The minimum Gasteiger partial charge on any atom is -0.396 e. The highest BCUT2D eigenvalue weighted by molar-refractivity contribution is 5.97. The van der Waals surface area contributed by atoms with Gasteiger partial charge in [-0.1, -0.05) is 26.0 Å². The van der Waals surface area contributed by atoms with E-state index >= 15 is 0 Å². The van der Waals surface area contributed by atoms with E-state index in [0.29, 0.717) is 25.2 Å². The number of aromatic nitrogens is 1. The van der Waals surface area contributed by atoms with Gasteiger partial charge in [0.2, 0.25) is 5.91 Å². The fourth-order valence-corrected chi connectivity index (χ4v) is 3.35. The number of carbonyl (C=O) groups is 2. The van der Waals surface area contributed by atoms with Crippen LogP contribution in [0, 0.1) is 11.3 Å². The second-order valence-electron chi connectivity index (χ2n) is 7.50. The van der Waals surface area contributed by atoms with Gasteiger partial charge >= 0.3 is 0 Å². The Bertz CT molecular complexity index is 823. The summed E-state index contributed by atoms with van der Waals surface area (Å²) in [5.74, 6) is -0.535. The topological polar surface area (TPSA) is 82.5 Å². The predicted octanol–water partition coefficient (Wildman–Crippen LogP) is 1.83. The second-order valence-corrected chi connectivity index (χ2v) is 7.50. The van der Waals surface area contributed by atoms with Gasteiger partial charge in [0, 0.05) is 42.2 Å². The van der Waals surface area contributed by atoms with E-state index in [4.69, 9.17) is 5.11 Å². The van der Waals surface area contributed by atoms with Crippen molar-refractivity contribution >= 4 is 22.7 Å². The first kappa shape index (κ1) is 18.3. The van der Waals surface area contributed by atoms with Crippen molar-refractivity contribution in [3.05, 3.63) is 42.1 Å². The fraction of sp³-hybridized carbons (Fsp3) is 0.450. The Hall–Kier alpha value is -2.47. The largest absolute Gasteiger partial charge is 0.396 e. The molecule has 6 nitrogen and oxygen atoms in total. The third-order valence-electron chi connectivity index (χ3n) is 5.11.